The van der Waals surface area contributed by atoms with Crippen LogP contribution in [0.15, 0.2) is 47.7 Å². The SMILES string of the molecule is C1=CCC2=C(C=C1)NC1CCC=CC21. The van der Waals surface area contributed by atoms with Gasteiger partial charge < -0.3 is 5.32 Å². The Morgan fingerprint density at radius 2 is 2.21 bits per heavy atom. The predicted octanol–water partition coefficient (Wildman–Crippen LogP) is 2.69. The quantitative estimate of drug-likeness (QED) is 0.572. The van der Waals surface area contributed by atoms with Gasteiger partial charge in [0, 0.05) is 17.7 Å². The summed E-state index contributed by atoms with van der Waals surface area (Å²) >= 11 is 0. The largest absolute Gasteiger partial charge is 0.381 e. The van der Waals surface area contributed by atoms with E-state index in [0.29, 0.717) is 12.0 Å². The van der Waals surface area contributed by atoms with E-state index in [2.05, 4.69) is 41.8 Å². The van der Waals surface area contributed by atoms with E-state index in [-0.39, 0.29) is 0 Å². The van der Waals surface area contributed by atoms with E-state index in [4.69, 9.17) is 0 Å². The second-order valence-electron chi connectivity index (χ2n) is 4.21. The van der Waals surface area contributed by atoms with E-state index in [1.54, 1.807) is 5.57 Å². The number of hydrogen-bond acceptors (Lipinski definition) is 1. The molecule has 14 heavy (non-hydrogen) atoms. The molecule has 1 heteroatoms. The smallest absolute Gasteiger partial charge is 0.0365 e. The van der Waals surface area contributed by atoms with Crippen LogP contribution >= 0.6 is 0 Å². The van der Waals surface area contributed by atoms with Crippen molar-refractivity contribution >= 4 is 0 Å². The van der Waals surface area contributed by atoms with Gasteiger partial charge in [0.25, 0.3) is 0 Å². The van der Waals surface area contributed by atoms with Crippen LogP contribution in [-0.2, 0) is 0 Å². The maximum atomic E-state index is 3.64. The molecule has 2 unspecified atom stereocenters. The molecule has 0 spiro atoms. The van der Waals surface area contributed by atoms with Crippen LogP contribution in [0.3, 0.4) is 0 Å². The third kappa shape index (κ3) is 1.16. The Morgan fingerprint density at radius 3 is 3.21 bits per heavy atom. The van der Waals surface area contributed by atoms with Crippen molar-refractivity contribution in [2.24, 2.45) is 5.92 Å². The van der Waals surface area contributed by atoms with Gasteiger partial charge in [-0.15, -0.1) is 0 Å². The summed E-state index contributed by atoms with van der Waals surface area (Å²) in [6.45, 7) is 0. The molecule has 1 heterocycles. The van der Waals surface area contributed by atoms with Gasteiger partial charge >= 0.3 is 0 Å². The number of allylic oxidation sites excluding steroid dienone is 5. The maximum absolute atomic E-state index is 3.64. The first-order valence-electron chi connectivity index (χ1n) is 5.44. The van der Waals surface area contributed by atoms with E-state index in [0.717, 1.165) is 6.42 Å². The summed E-state index contributed by atoms with van der Waals surface area (Å²) in [6, 6.07) is 0.668. The zero-order valence-electron chi connectivity index (χ0n) is 8.24. The molecular formula is C13H15N. The van der Waals surface area contributed by atoms with Crippen LogP contribution < -0.4 is 5.32 Å². The lowest BCUT2D eigenvalue weighted by Gasteiger charge is -2.22. The molecule has 0 fully saturated rings. The molecule has 1 nitrogen and oxygen atoms in total. The molecule has 0 radical (unpaired) electrons. The Hall–Kier alpha value is -1.24. The van der Waals surface area contributed by atoms with Crippen LogP contribution in [0.2, 0.25) is 0 Å². The normalized spacial score (nSPS) is 33.7. The minimum Gasteiger partial charge on any atom is -0.381 e. The fourth-order valence-electron chi connectivity index (χ4n) is 2.65. The monoisotopic (exact) mass is 185 g/mol. The molecule has 0 aromatic carbocycles. The van der Waals surface area contributed by atoms with Crippen LogP contribution in [0.4, 0.5) is 0 Å². The van der Waals surface area contributed by atoms with Crippen LogP contribution in [-0.4, -0.2) is 6.04 Å². The van der Waals surface area contributed by atoms with E-state index in [1.165, 1.54) is 18.5 Å². The predicted molar refractivity (Wildman–Crippen MR) is 58.7 cm³/mol. The Balaban J connectivity index is 1.97. The van der Waals surface area contributed by atoms with Crippen LogP contribution in [0.5, 0.6) is 0 Å². The van der Waals surface area contributed by atoms with Gasteiger partial charge in [0.1, 0.15) is 0 Å². The zero-order chi connectivity index (χ0) is 9.38. The summed E-state index contributed by atoms with van der Waals surface area (Å²) < 4.78 is 0. The minimum atomic E-state index is 0.658. The molecule has 0 saturated heterocycles. The number of nitrogens with one attached hydrogen (secondary N) is 1. The fourth-order valence-corrected chi connectivity index (χ4v) is 2.65. The van der Waals surface area contributed by atoms with Crippen molar-refractivity contribution in [2.45, 2.75) is 25.3 Å². The summed E-state index contributed by atoms with van der Waals surface area (Å²) in [7, 11) is 0. The Morgan fingerprint density at radius 1 is 1.21 bits per heavy atom. The average molecular weight is 185 g/mol. The molecule has 3 aliphatic rings. The Labute approximate surface area is 84.9 Å². The highest BCUT2D eigenvalue weighted by Gasteiger charge is 2.32. The van der Waals surface area contributed by atoms with Crippen molar-refractivity contribution in [3.8, 4) is 0 Å². The minimum absolute atomic E-state index is 0.658. The van der Waals surface area contributed by atoms with Crippen molar-refractivity contribution in [3.63, 3.8) is 0 Å². The van der Waals surface area contributed by atoms with Gasteiger partial charge in [-0.05, 0) is 30.9 Å². The first kappa shape index (κ1) is 8.10. The molecule has 0 aromatic heterocycles. The molecule has 2 aliphatic carbocycles. The molecule has 1 N–H and O–H groups in total. The Bertz CT molecular complexity index is 357. The molecule has 0 saturated carbocycles. The molecule has 72 valence electrons. The summed E-state index contributed by atoms with van der Waals surface area (Å²) in [5.41, 5.74) is 2.95. The van der Waals surface area contributed by atoms with Crippen molar-refractivity contribution < 1.29 is 0 Å². The lowest BCUT2D eigenvalue weighted by molar-refractivity contribution is 0.480. The van der Waals surface area contributed by atoms with Crippen molar-refractivity contribution in [3.05, 3.63) is 47.7 Å². The zero-order valence-corrected chi connectivity index (χ0v) is 8.24. The first-order chi connectivity index (χ1) is 6.95. The van der Waals surface area contributed by atoms with Gasteiger partial charge in [-0.3, -0.25) is 0 Å². The second-order valence-corrected chi connectivity index (χ2v) is 4.21. The van der Waals surface area contributed by atoms with E-state index in [1.807, 2.05) is 0 Å². The van der Waals surface area contributed by atoms with Crippen molar-refractivity contribution in [1.29, 1.82) is 0 Å². The maximum Gasteiger partial charge on any atom is 0.0365 e. The van der Waals surface area contributed by atoms with Crippen molar-refractivity contribution in [1.82, 2.24) is 5.32 Å². The van der Waals surface area contributed by atoms with E-state index in [9.17, 15) is 0 Å². The van der Waals surface area contributed by atoms with Gasteiger partial charge in [-0.2, -0.15) is 0 Å². The fraction of sp³-hybridized carbons (Fsp3) is 0.385. The molecule has 1 aliphatic heterocycles. The standard InChI is InChI=1S/C13H15N/c1-2-6-10-11-7-4-5-9-13(11)14-12(10)8-3-1/h1-4,7-8,11,13-14H,5-6,9H2. The van der Waals surface area contributed by atoms with Crippen LogP contribution in [0.25, 0.3) is 0 Å². The van der Waals surface area contributed by atoms with Gasteiger partial charge in [0.05, 0.1) is 0 Å². The summed E-state index contributed by atoms with van der Waals surface area (Å²) in [4.78, 5) is 0. The third-order valence-corrected chi connectivity index (χ3v) is 3.36. The Kier molecular flexibility index (Phi) is 1.83. The third-order valence-electron chi connectivity index (χ3n) is 3.36. The first-order valence-corrected chi connectivity index (χ1v) is 5.44. The van der Waals surface area contributed by atoms with Gasteiger partial charge in [-0.25, -0.2) is 0 Å². The number of rotatable bonds is 0. The highest BCUT2D eigenvalue weighted by atomic mass is 15.0. The number of fused-ring (bicyclic) bond motifs is 2. The van der Waals surface area contributed by atoms with Crippen LogP contribution in [0, 0.1) is 5.92 Å². The van der Waals surface area contributed by atoms with Gasteiger partial charge in [-0.1, -0.05) is 30.4 Å². The topological polar surface area (TPSA) is 12.0 Å². The van der Waals surface area contributed by atoms with E-state index < -0.39 is 0 Å². The van der Waals surface area contributed by atoms with Crippen molar-refractivity contribution in [2.75, 3.05) is 0 Å². The summed E-state index contributed by atoms with van der Waals surface area (Å²) in [6.07, 6.45) is 17.1. The number of hydrogen-bond donors (Lipinski definition) is 1. The average Bonchev–Trinajstić information content (AvgIpc) is 2.42. The molecule has 3 rings (SSSR count). The highest BCUT2D eigenvalue weighted by molar-refractivity contribution is 5.40. The second kappa shape index (κ2) is 3.16. The van der Waals surface area contributed by atoms with Gasteiger partial charge in [0.2, 0.25) is 0 Å². The molecule has 0 amide bonds. The summed E-state index contributed by atoms with van der Waals surface area (Å²) in [5, 5.41) is 3.64. The molecule has 2 atom stereocenters. The molecular weight excluding hydrogens is 170 g/mol. The lowest BCUT2D eigenvalue weighted by Crippen LogP contribution is -2.29. The molecule has 0 bridgehead atoms. The van der Waals surface area contributed by atoms with Gasteiger partial charge in [0.15, 0.2) is 0 Å². The van der Waals surface area contributed by atoms with E-state index >= 15 is 0 Å². The summed E-state index contributed by atoms with van der Waals surface area (Å²) in [5.74, 6) is 0.658. The lowest BCUT2D eigenvalue weighted by atomic mass is 9.86. The highest BCUT2D eigenvalue weighted by Crippen LogP contribution is 2.35. The molecule has 0 aromatic rings. The van der Waals surface area contributed by atoms with Crippen LogP contribution in [0.1, 0.15) is 19.3 Å².